The molecule has 1 aromatic heterocycles. The van der Waals surface area contributed by atoms with E-state index in [1.165, 1.54) is 13.0 Å². The summed E-state index contributed by atoms with van der Waals surface area (Å²) >= 11 is 5.91. The lowest BCUT2D eigenvalue weighted by Crippen LogP contribution is -2.13. The quantitative estimate of drug-likeness (QED) is 0.691. The van der Waals surface area contributed by atoms with Gasteiger partial charge >= 0.3 is 0 Å². The Hall–Kier alpha value is -2.20. The molecule has 0 fully saturated rings. The number of nitrogens with zero attached hydrogens (tertiary/aromatic N) is 1. The molecule has 5 heteroatoms. The summed E-state index contributed by atoms with van der Waals surface area (Å²) in [6.45, 7) is 3.42. The molecular formula is C16H15ClN2O2. The number of carbonyl (C=O) groups excluding carboxylic acids is 2. The Morgan fingerprint density at radius 2 is 1.95 bits per heavy atom. The molecule has 108 valence electrons. The maximum absolute atomic E-state index is 12.2. The van der Waals surface area contributed by atoms with Crippen LogP contribution < -0.4 is 5.32 Å². The van der Waals surface area contributed by atoms with Crippen molar-refractivity contribution in [2.45, 2.75) is 20.3 Å². The summed E-state index contributed by atoms with van der Waals surface area (Å²) in [7, 11) is 0. The highest BCUT2D eigenvalue weighted by Crippen LogP contribution is 2.15. The number of carbonyl (C=O) groups is 2. The van der Waals surface area contributed by atoms with Crippen molar-refractivity contribution in [3.63, 3.8) is 0 Å². The minimum atomic E-state index is -0.283. The maximum atomic E-state index is 12.2. The van der Waals surface area contributed by atoms with Crippen LogP contribution in [-0.4, -0.2) is 16.7 Å². The van der Waals surface area contributed by atoms with E-state index in [1.54, 1.807) is 30.3 Å². The first-order valence-corrected chi connectivity index (χ1v) is 6.96. The monoisotopic (exact) mass is 302 g/mol. The lowest BCUT2D eigenvalue weighted by atomic mass is 10.1. The van der Waals surface area contributed by atoms with Crippen LogP contribution >= 0.6 is 11.6 Å². The van der Waals surface area contributed by atoms with Crippen LogP contribution in [0.2, 0.25) is 5.15 Å². The van der Waals surface area contributed by atoms with Gasteiger partial charge in [-0.15, -0.1) is 0 Å². The van der Waals surface area contributed by atoms with Gasteiger partial charge in [0.15, 0.2) is 5.78 Å². The number of hydrogen-bond acceptors (Lipinski definition) is 3. The van der Waals surface area contributed by atoms with Crippen LogP contribution in [0, 0.1) is 0 Å². The van der Waals surface area contributed by atoms with Crippen molar-refractivity contribution < 1.29 is 9.59 Å². The van der Waals surface area contributed by atoms with Gasteiger partial charge in [0.1, 0.15) is 5.15 Å². The average Bonchev–Trinajstić information content (AvgIpc) is 2.46. The third kappa shape index (κ3) is 3.89. The molecule has 0 saturated carbocycles. The van der Waals surface area contributed by atoms with Crippen LogP contribution in [0.25, 0.3) is 0 Å². The molecule has 0 unspecified atom stereocenters. The molecule has 2 rings (SSSR count). The second-order valence-electron chi connectivity index (χ2n) is 4.61. The van der Waals surface area contributed by atoms with Gasteiger partial charge in [-0.1, -0.05) is 30.7 Å². The van der Waals surface area contributed by atoms with Crippen LogP contribution in [0.15, 0.2) is 36.4 Å². The maximum Gasteiger partial charge on any atom is 0.255 e. The van der Waals surface area contributed by atoms with Gasteiger partial charge in [0.05, 0.1) is 0 Å². The minimum absolute atomic E-state index is 0.0497. The number of halogens is 1. The van der Waals surface area contributed by atoms with Crippen LogP contribution in [0.4, 0.5) is 5.69 Å². The van der Waals surface area contributed by atoms with Crippen molar-refractivity contribution in [3.05, 3.63) is 58.4 Å². The third-order valence-corrected chi connectivity index (χ3v) is 3.19. The standard InChI is InChI=1S/C16H15ClN2O2/c1-3-13-8-12(9-15(17)18-13)16(21)19-14-6-4-5-11(7-14)10(2)20/h4-9H,3H2,1-2H3,(H,19,21). The van der Waals surface area contributed by atoms with Gasteiger partial charge in [-0.05, 0) is 37.6 Å². The first-order valence-electron chi connectivity index (χ1n) is 6.58. The number of pyridine rings is 1. The Kier molecular flexibility index (Phi) is 4.70. The topological polar surface area (TPSA) is 59.1 Å². The van der Waals surface area contributed by atoms with E-state index in [2.05, 4.69) is 10.3 Å². The van der Waals surface area contributed by atoms with E-state index in [-0.39, 0.29) is 16.8 Å². The molecule has 1 N–H and O–H groups in total. The summed E-state index contributed by atoms with van der Waals surface area (Å²) in [5.41, 5.74) is 2.32. The second-order valence-corrected chi connectivity index (χ2v) is 5.00. The largest absolute Gasteiger partial charge is 0.322 e. The number of nitrogens with one attached hydrogen (secondary N) is 1. The van der Waals surface area contributed by atoms with Crippen LogP contribution in [0.3, 0.4) is 0 Å². The molecule has 1 aromatic carbocycles. The van der Waals surface area contributed by atoms with Gasteiger partial charge in [0.25, 0.3) is 5.91 Å². The fraction of sp³-hybridized carbons (Fsp3) is 0.188. The summed E-state index contributed by atoms with van der Waals surface area (Å²) in [4.78, 5) is 27.7. The van der Waals surface area contributed by atoms with Gasteiger partial charge in [0, 0.05) is 22.5 Å². The third-order valence-electron chi connectivity index (χ3n) is 3.00. The van der Waals surface area contributed by atoms with E-state index < -0.39 is 0 Å². The van der Waals surface area contributed by atoms with E-state index in [0.29, 0.717) is 23.2 Å². The summed E-state index contributed by atoms with van der Waals surface area (Å²) in [5, 5.41) is 3.04. The SMILES string of the molecule is CCc1cc(C(=O)Nc2cccc(C(C)=O)c2)cc(Cl)n1. The average molecular weight is 303 g/mol. The zero-order valence-corrected chi connectivity index (χ0v) is 12.6. The van der Waals surface area contributed by atoms with E-state index in [9.17, 15) is 9.59 Å². The summed E-state index contributed by atoms with van der Waals surface area (Å²) in [6.07, 6.45) is 0.695. The Balaban J connectivity index is 2.23. The molecule has 0 radical (unpaired) electrons. The number of hydrogen-bond donors (Lipinski definition) is 1. The first kappa shape index (κ1) is 15.2. The van der Waals surface area contributed by atoms with E-state index in [4.69, 9.17) is 11.6 Å². The molecule has 21 heavy (non-hydrogen) atoms. The van der Waals surface area contributed by atoms with Crippen molar-refractivity contribution in [2.24, 2.45) is 0 Å². The lowest BCUT2D eigenvalue weighted by molar-refractivity contribution is 0.101. The highest BCUT2D eigenvalue weighted by atomic mass is 35.5. The molecule has 1 heterocycles. The normalized spacial score (nSPS) is 10.2. The van der Waals surface area contributed by atoms with Crippen LogP contribution in [-0.2, 0) is 6.42 Å². The van der Waals surface area contributed by atoms with Gasteiger partial charge in [-0.2, -0.15) is 0 Å². The van der Waals surface area contributed by atoms with Crippen molar-refractivity contribution in [1.29, 1.82) is 0 Å². The highest BCUT2D eigenvalue weighted by molar-refractivity contribution is 6.29. The Morgan fingerprint density at radius 1 is 1.19 bits per heavy atom. The number of anilines is 1. The van der Waals surface area contributed by atoms with Crippen molar-refractivity contribution >= 4 is 29.0 Å². The van der Waals surface area contributed by atoms with Gasteiger partial charge in [-0.3, -0.25) is 9.59 Å². The smallest absolute Gasteiger partial charge is 0.255 e. The predicted octanol–water partition coefficient (Wildman–Crippen LogP) is 3.75. The molecule has 0 aliphatic heterocycles. The van der Waals surface area contributed by atoms with Crippen molar-refractivity contribution in [1.82, 2.24) is 4.98 Å². The Morgan fingerprint density at radius 3 is 2.62 bits per heavy atom. The van der Waals surface area contributed by atoms with Crippen molar-refractivity contribution in [3.8, 4) is 0 Å². The number of benzene rings is 1. The minimum Gasteiger partial charge on any atom is -0.322 e. The molecule has 0 saturated heterocycles. The number of aromatic nitrogens is 1. The zero-order valence-electron chi connectivity index (χ0n) is 11.8. The van der Waals surface area contributed by atoms with Crippen LogP contribution in [0.1, 0.15) is 40.3 Å². The number of aryl methyl sites for hydroxylation is 1. The molecular weight excluding hydrogens is 288 g/mol. The fourth-order valence-corrected chi connectivity index (χ4v) is 2.11. The predicted molar refractivity (Wildman–Crippen MR) is 83.0 cm³/mol. The molecule has 0 spiro atoms. The van der Waals surface area contributed by atoms with E-state index in [1.807, 2.05) is 6.92 Å². The molecule has 0 atom stereocenters. The lowest BCUT2D eigenvalue weighted by Gasteiger charge is -2.08. The van der Waals surface area contributed by atoms with Crippen molar-refractivity contribution in [2.75, 3.05) is 5.32 Å². The Bertz CT molecular complexity index is 698. The number of rotatable bonds is 4. The molecule has 0 bridgehead atoms. The fourth-order valence-electron chi connectivity index (χ4n) is 1.88. The molecule has 1 amide bonds. The van der Waals surface area contributed by atoms with E-state index >= 15 is 0 Å². The first-order chi connectivity index (χ1) is 9.99. The van der Waals surface area contributed by atoms with Gasteiger partial charge < -0.3 is 5.32 Å². The Labute approximate surface area is 128 Å². The number of ketones is 1. The summed E-state index contributed by atoms with van der Waals surface area (Å²) in [5.74, 6) is -0.332. The molecule has 4 nitrogen and oxygen atoms in total. The van der Waals surface area contributed by atoms with E-state index in [0.717, 1.165) is 5.69 Å². The molecule has 0 aliphatic rings. The number of amides is 1. The summed E-state index contributed by atoms with van der Waals surface area (Å²) < 4.78 is 0. The molecule has 0 aliphatic carbocycles. The van der Waals surface area contributed by atoms with Crippen LogP contribution in [0.5, 0.6) is 0 Å². The van der Waals surface area contributed by atoms with Gasteiger partial charge in [0.2, 0.25) is 0 Å². The number of Topliss-reactive ketones (excluding diaryl/α,β-unsaturated/α-hetero) is 1. The second kappa shape index (κ2) is 6.50. The summed E-state index contributed by atoms with van der Waals surface area (Å²) in [6, 6.07) is 10.0. The molecule has 2 aromatic rings. The zero-order chi connectivity index (χ0) is 15.4. The van der Waals surface area contributed by atoms with Gasteiger partial charge in [-0.25, -0.2) is 4.98 Å². The highest BCUT2D eigenvalue weighted by Gasteiger charge is 2.10.